The topological polar surface area (TPSA) is 52.6 Å². The van der Waals surface area contributed by atoms with Crippen molar-refractivity contribution < 1.29 is 19.1 Å². The molecule has 0 bridgehead atoms. The zero-order valence-electron chi connectivity index (χ0n) is 16.8. The lowest BCUT2D eigenvalue weighted by atomic mass is 10.1. The average Bonchev–Trinajstić information content (AvgIpc) is 3.11. The van der Waals surface area contributed by atoms with E-state index in [0.717, 1.165) is 5.56 Å². The van der Waals surface area contributed by atoms with Crippen LogP contribution in [0.4, 0.5) is 0 Å². The predicted molar refractivity (Wildman–Crippen MR) is 121 cm³/mol. The number of ether oxygens (including phenoxy) is 2. The van der Waals surface area contributed by atoms with E-state index >= 15 is 0 Å². The summed E-state index contributed by atoms with van der Waals surface area (Å²) in [5.41, 5.74) is 2.70. The zero-order chi connectivity index (χ0) is 21.8. The summed E-state index contributed by atoms with van der Waals surface area (Å²) in [6.07, 6.45) is 5.34. The Bertz CT molecular complexity index is 1190. The first-order valence-corrected chi connectivity index (χ1v) is 10.1. The molecule has 0 unspecified atom stereocenters. The van der Waals surface area contributed by atoms with E-state index in [4.69, 9.17) is 21.1 Å². The van der Waals surface area contributed by atoms with Crippen molar-refractivity contribution in [1.29, 1.82) is 0 Å². The Morgan fingerprint density at radius 2 is 1.77 bits per heavy atom. The highest BCUT2D eigenvalue weighted by Crippen LogP contribution is 2.38. The molecule has 0 N–H and O–H groups in total. The van der Waals surface area contributed by atoms with Crippen molar-refractivity contribution in [3.63, 3.8) is 0 Å². The van der Waals surface area contributed by atoms with Crippen LogP contribution in [0.1, 0.15) is 31.8 Å². The summed E-state index contributed by atoms with van der Waals surface area (Å²) < 4.78 is 11.5. The maximum absolute atomic E-state index is 12.6. The number of hydrogen-bond donors (Lipinski definition) is 0. The zero-order valence-corrected chi connectivity index (χ0v) is 17.6. The Kier molecular flexibility index (Phi) is 6.01. The number of carbonyl (C=O) groups excluding carboxylic acids is 2. The van der Waals surface area contributed by atoms with Crippen LogP contribution in [-0.4, -0.2) is 18.2 Å². The predicted octanol–water partition coefficient (Wildman–Crippen LogP) is 6.08. The van der Waals surface area contributed by atoms with Crippen LogP contribution in [0.5, 0.6) is 11.5 Å². The number of benzene rings is 3. The van der Waals surface area contributed by atoms with Gasteiger partial charge in [-0.25, -0.2) is 0 Å². The van der Waals surface area contributed by atoms with Crippen LogP contribution in [0.2, 0.25) is 5.02 Å². The molecule has 0 saturated carbocycles. The highest BCUT2D eigenvalue weighted by Gasteiger charge is 2.29. The first-order valence-electron chi connectivity index (χ1n) is 9.74. The van der Waals surface area contributed by atoms with Gasteiger partial charge in [-0.3, -0.25) is 9.59 Å². The fourth-order valence-corrected chi connectivity index (χ4v) is 3.34. The molecule has 0 radical (unpaired) electrons. The van der Waals surface area contributed by atoms with E-state index in [1.54, 1.807) is 55.5 Å². The minimum atomic E-state index is -0.181. The lowest BCUT2D eigenvalue weighted by Gasteiger charge is -2.11. The van der Waals surface area contributed by atoms with Gasteiger partial charge in [0, 0.05) is 16.1 Å². The van der Waals surface area contributed by atoms with Gasteiger partial charge in [0.25, 0.3) is 0 Å². The number of halogens is 1. The van der Waals surface area contributed by atoms with E-state index in [9.17, 15) is 9.59 Å². The van der Waals surface area contributed by atoms with Gasteiger partial charge in [0.15, 0.2) is 18.1 Å². The Balaban J connectivity index is 1.47. The third-order valence-corrected chi connectivity index (χ3v) is 5.15. The van der Waals surface area contributed by atoms with Gasteiger partial charge in [0.05, 0.1) is 5.56 Å². The second kappa shape index (κ2) is 9.02. The molecule has 0 atom stereocenters. The second-order valence-corrected chi connectivity index (χ2v) is 7.45. The Hall–Kier alpha value is -3.63. The van der Waals surface area contributed by atoms with Crippen molar-refractivity contribution in [3.8, 4) is 11.5 Å². The summed E-state index contributed by atoms with van der Waals surface area (Å²) in [5, 5.41) is 0.566. The second-order valence-electron chi connectivity index (χ2n) is 7.02. The van der Waals surface area contributed by atoms with Gasteiger partial charge in [-0.2, -0.15) is 0 Å². The Morgan fingerprint density at radius 1 is 1.03 bits per heavy atom. The van der Waals surface area contributed by atoms with Crippen molar-refractivity contribution in [3.05, 3.63) is 112 Å². The van der Waals surface area contributed by atoms with Crippen LogP contribution in [0, 0.1) is 6.92 Å². The quantitative estimate of drug-likeness (QED) is 0.351. The number of hydrogen-bond acceptors (Lipinski definition) is 4. The average molecular weight is 431 g/mol. The number of fused-ring (bicyclic) bond motifs is 1. The molecule has 5 heteroatoms. The molecular weight excluding hydrogens is 412 g/mol. The molecule has 4 rings (SSSR count). The third-order valence-electron chi connectivity index (χ3n) is 4.90. The summed E-state index contributed by atoms with van der Waals surface area (Å²) in [7, 11) is 0. The van der Waals surface area contributed by atoms with Crippen LogP contribution in [0.15, 0.2) is 84.6 Å². The molecule has 1 heterocycles. The van der Waals surface area contributed by atoms with Gasteiger partial charge in [0.1, 0.15) is 11.5 Å². The molecule has 3 aromatic carbocycles. The summed E-state index contributed by atoms with van der Waals surface area (Å²) in [6.45, 7) is 1.68. The summed E-state index contributed by atoms with van der Waals surface area (Å²) in [5.74, 6) is 0.857. The number of Topliss-reactive ketones (excluding diaryl/α,β-unsaturated/α-hetero) is 2. The van der Waals surface area contributed by atoms with E-state index in [1.165, 1.54) is 0 Å². The molecule has 31 heavy (non-hydrogen) atoms. The van der Waals surface area contributed by atoms with Crippen LogP contribution < -0.4 is 9.47 Å². The third kappa shape index (κ3) is 4.60. The first-order chi connectivity index (χ1) is 15.0. The fourth-order valence-electron chi connectivity index (χ4n) is 3.21. The fraction of sp³-hybridized carbons (Fsp3) is 0.0769. The molecule has 0 amide bonds. The van der Waals surface area contributed by atoms with Crippen LogP contribution in [0.3, 0.4) is 0 Å². The lowest BCUT2D eigenvalue weighted by molar-refractivity contribution is 0.0920. The molecule has 0 aromatic heterocycles. The maximum atomic E-state index is 12.6. The highest BCUT2D eigenvalue weighted by molar-refractivity contribution is 6.30. The molecule has 0 saturated heterocycles. The SMILES string of the molecule is Cc1c(OCC(=O)c2ccc(Cl)cc2)ccc2c1O/C(=C\C=C\c1ccccc1)C2=O. The van der Waals surface area contributed by atoms with Gasteiger partial charge in [-0.05, 0) is 55.0 Å². The van der Waals surface area contributed by atoms with Crippen molar-refractivity contribution in [2.24, 2.45) is 0 Å². The molecule has 4 nitrogen and oxygen atoms in total. The number of allylic oxidation sites excluding steroid dienone is 3. The summed E-state index contributed by atoms with van der Waals surface area (Å²) in [6, 6.07) is 19.8. The van der Waals surface area contributed by atoms with E-state index in [2.05, 4.69) is 0 Å². The standard InChI is InChI=1S/C26H19ClO4/c1-17-23(30-16-22(28)19-10-12-20(27)13-11-19)15-14-21-25(29)24(31-26(17)21)9-5-8-18-6-3-2-4-7-18/h2-15H,16H2,1H3/b8-5+,24-9-. The molecule has 0 aliphatic carbocycles. The minimum absolute atomic E-state index is 0.127. The van der Waals surface area contributed by atoms with Gasteiger partial charge >= 0.3 is 0 Å². The first kappa shape index (κ1) is 20.6. The maximum Gasteiger partial charge on any atom is 0.231 e. The summed E-state index contributed by atoms with van der Waals surface area (Å²) >= 11 is 5.86. The van der Waals surface area contributed by atoms with Gasteiger partial charge in [-0.15, -0.1) is 0 Å². The monoisotopic (exact) mass is 430 g/mol. The van der Waals surface area contributed by atoms with Gasteiger partial charge in [-0.1, -0.05) is 54.1 Å². The minimum Gasteiger partial charge on any atom is -0.485 e. The van der Waals surface area contributed by atoms with Gasteiger partial charge in [0.2, 0.25) is 5.78 Å². The highest BCUT2D eigenvalue weighted by atomic mass is 35.5. The van der Waals surface area contributed by atoms with Crippen molar-refractivity contribution in [2.75, 3.05) is 6.61 Å². The largest absolute Gasteiger partial charge is 0.485 e. The number of rotatable bonds is 6. The van der Waals surface area contributed by atoms with Crippen molar-refractivity contribution in [2.45, 2.75) is 6.92 Å². The number of carbonyl (C=O) groups is 2. The van der Waals surface area contributed by atoms with E-state index < -0.39 is 0 Å². The van der Waals surface area contributed by atoms with Crippen LogP contribution >= 0.6 is 11.6 Å². The van der Waals surface area contributed by atoms with Gasteiger partial charge < -0.3 is 9.47 Å². The molecule has 1 aliphatic heterocycles. The van der Waals surface area contributed by atoms with E-state index in [1.807, 2.05) is 36.4 Å². The van der Waals surface area contributed by atoms with Crippen LogP contribution in [0.25, 0.3) is 6.08 Å². The summed E-state index contributed by atoms with van der Waals surface area (Å²) in [4.78, 5) is 25.0. The Labute approximate surface area is 185 Å². The van der Waals surface area contributed by atoms with Crippen molar-refractivity contribution in [1.82, 2.24) is 0 Å². The molecule has 0 spiro atoms. The lowest BCUT2D eigenvalue weighted by Crippen LogP contribution is -2.12. The van der Waals surface area contributed by atoms with E-state index in [0.29, 0.717) is 33.2 Å². The van der Waals surface area contributed by atoms with Crippen LogP contribution in [-0.2, 0) is 0 Å². The molecule has 3 aromatic rings. The van der Waals surface area contributed by atoms with Crippen molar-refractivity contribution >= 4 is 29.2 Å². The van der Waals surface area contributed by atoms with E-state index in [-0.39, 0.29) is 23.9 Å². The molecule has 1 aliphatic rings. The smallest absolute Gasteiger partial charge is 0.231 e. The Morgan fingerprint density at radius 3 is 2.52 bits per heavy atom. The number of ketones is 2. The normalized spacial score (nSPS) is 14.0. The molecule has 154 valence electrons. The molecular formula is C26H19ClO4. The molecule has 0 fully saturated rings.